The monoisotopic (exact) mass is 256 g/mol. The fraction of sp³-hybridized carbons (Fsp3) is 0.294. The van der Waals surface area contributed by atoms with Crippen molar-refractivity contribution in [2.24, 2.45) is 0 Å². The minimum Gasteiger partial charge on any atom is -0.385 e. The molecule has 2 atom stereocenters. The molecule has 2 aromatic rings. The van der Waals surface area contributed by atoms with Gasteiger partial charge in [0.1, 0.15) is 12.2 Å². The lowest BCUT2D eigenvalue weighted by Crippen LogP contribution is -2.15. The number of hydrogen-bond acceptors (Lipinski definition) is 2. The molecule has 0 bridgehead atoms. The highest BCUT2D eigenvalue weighted by molar-refractivity contribution is 5.31. The number of ether oxygens (including phenoxy) is 1. The summed E-state index contributed by atoms with van der Waals surface area (Å²) in [5, 5.41) is 10.6. The van der Waals surface area contributed by atoms with Gasteiger partial charge in [-0.05, 0) is 30.5 Å². The van der Waals surface area contributed by atoms with Gasteiger partial charge in [0.25, 0.3) is 0 Å². The number of benzene rings is 2. The molecule has 0 aromatic heterocycles. The van der Waals surface area contributed by atoms with Crippen LogP contribution >= 0.6 is 0 Å². The zero-order valence-electron chi connectivity index (χ0n) is 11.4. The lowest BCUT2D eigenvalue weighted by atomic mass is 9.95. The molecule has 2 rings (SSSR count). The van der Waals surface area contributed by atoms with Crippen LogP contribution in [0.3, 0.4) is 0 Å². The lowest BCUT2D eigenvalue weighted by molar-refractivity contribution is -0.0364. The summed E-state index contributed by atoms with van der Waals surface area (Å²) in [6.45, 7) is 4.52. The standard InChI is InChI=1S/C17H20O2/c1-3-19-17(14-10-5-4-6-11-14)16(18)15-12-8-7-9-13(15)2/h4-12,16-18H,3H2,1-2H3. The van der Waals surface area contributed by atoms with Crippen molar-refractivity contribution in [3.63, 3.8) is 0 Å². The van der Waals surface area contributed by atoms with E-state index < -0.39 is 6.10 Å². The molecule has 2 heteroatoms. The van der Waals surface area contributed by atoms with E-state index >= 15 is 0 Å². The number of aryl methyl sites for hydroxylation is 1. The molecule has 2 aromatic carbocycles. The quantitative estimate of drug-likeness (QED) is 0.881. The van der Waals surface area contributed by atoms with Gasteiger partial charge in [-0.2, -0.15) is 0 Å². The highest BCUT2D eigenvalue weighted by Crippen LogP contribution is 2.33. The second-order valence-electron chi connectivity index (χ2n) is 4.59. The Balaban J connectivity index is 2.32. The second kappa shape index (κ2) is 6.50. The van der Waals surface area contributed by atoms with Gasteiger partial charge in [-0.3, -0.25) is 0 Å². The van der Waals surface area contributed by atoms with Crippen molar-refractivity contribution in [2.75, 3.05) is 6.61 Å². The van der Waals surface area contributed by atoms with E-state index in [2.05, 4.69) is 0 Å². The summed E-state index contributed by atoms with van der Waals surface area (Å²) in [6.07, 6.45) is -0.976. The predicted molar refractivity (Wildman–Crippen MR) is 76.9 cm³/mol. The van der Waals surface area contributed by atoms with Crippen LogP contribution in [0.1, 0.15) is 35.8 Å². The predicted octanol–water partition coefficient (Wildman–Crippen LogP) is 3.81. The van der Waals surface area contributed by atoms with Crippen molar-refractivity contribution in [1.29, 1.82) is 0 Å². The molecular formula is C17H20O2. The van der Waals surface area contributed by atoms with Crippen molar-refractivity contribution in [1.82, 2.24) is 0 Å². The third-order valence-corrected chi connectivity index (χ3v) is 3.27. The molecule has 0 aliphatic heterocycles. The van der Waals surface area contributed by atoms with Crippen molar-refractivity contribution >= 4 is 0 Å². The molecule has 0 fully saturated rings. The summed E-state index contributed by atoms with van der Waals surface area (Å²) in [5.74, 6) is 0. The van der Waals surface area contributed by atoms with E-state index in [0.29, 0.717) is 6.61 Å². The van der Waals surface area contributed by atoms with E-state index in [9.17, 15) is 5.11 Å². The summed E-state index contributed by atoms with van der Waals surface area (Å²) in [5.41, 5.74) is 3.00. The van der Waals surface area contributed by atoms with Crippen LogP contribution in [0.2, 0.25) is 0 Å². The van der Waals surface area contributed by atoms with E-state index in [1.54, 1.807) is 0 Å². The average molecular weight is 256 g/mol. The lowest BCUT2D eigenvalue weighted by Gasteiger charge is -2.24. The highest BCUT2D eigenvalue weighted by Gasteiger charge is 2.24. The molecular weight excluding hydrogens is 236 g/mol. The first-order chi connectivity index (χ1) is 9.24. The van der Waals surface area contributed by atoms with Crippen molar-refractivity contribution in [3.05, 3.63) is 71.3 Å². The van der Waals surface area contributed by atoms with Crippen LogP contribution in [0, 0.1) is 6.92 Å². The molecule has 100 valence electrons. The Labute approximate surface area is 114 Å². The van der Waals surface area contributed by atoms with Crippen molar-refractivity contribution < 1.29 is 9.84 Å². The summed E-state index contributed by atoms with van der Waals surface area (Å²) >= 11 is 0. The van der Waals surface area contributed by atoms with Gasteiger partial charge < -0.3 is 9.84 Å². The van der Waals surface area contributed by atoms with Gasteiger partial charge in [-0.25, -0.2) is 0 Å². The fourth-order valence-electron chi connectivity index (χ4n) is 2.27. The molecule has 0 amide bonds. The van der Waals surface area contributed by atoms with Crippen LogP contribution < -0.4 is 0 Å². The van der Waals surface area contributed by atoms with Crippen LogP contribution in [-0.4, -0.2) is 11.7 Å². The Bertz CT molecular complexity index is 508. The smallest absolute Gasteiger partial charge is 0.113 e. The molecule has 0 heterocycles. The fourth-order valence-corrected chi connectivity index (χ4v) is 2.27. The van der Waals surface area contributed by atoms with E-state index in [-0.39, 0.29) is 6.10 Å². The topological polar surface area (TPSA) is 29.5 Å². The second-order valence-corrected chi connectivity index (χ2v) is 4.59. The maximum Gasteiger partial charge on any atom is 0.113 e. The van der Waals surface area contributed by atoms with Crippen LogP contribution in [-0.2, 0) is 4.74 Å². The minimum absolute atomic E-state index is 0.327. The van der Waals surface area contributed by atoms with Gasteiger partial charge >= 0.3 is 0 Å². The summed E-state index contributed by atoms with van der Waals surface area (Å²) in [6, 6.07) is 17.7. The minimum atomic E-state index is -0.649. The van der Waals surface area contributed by atoms with Gasteiger partial charge in [-0.1, -0.05) is 54.6 Å². The van der Waals surface area contributed by atoms with E-state index in [1.165, 1.54) is 0 Å². The Hall–Kier alpha value is -1.64. The van der Waals surface area contributed by atoms with Gasteiger partial charge in [0.15, 0.2) is 0 Å². The van der Waals surface area contributed by atoms with Gasteiger partial charge in [0.2, 0.25) is 0 Å². The van der Waals surface area contributed by atoms with Crippen LogP contribution in [0.4, 0.5) is 0 Å². The van der Waals surface area contributed by atoms with Crippen LogP contribution in [0.25, 0.3) is 0 Å². The molecule has 2 unspecified atom stereocenters. The molecule has 0 saturated carbocycles. The Kier molecular flexibility index (Phi) is 4.72. The third-order valence-electron chi connectivity index (χ3n) is 3.27. The molecule has 19 heavy (non-hydrogen) atoms. The largest absolute Gasteiger partial charge is 0.385 e. The number of aliphatic hydroxyl groups is 1. The van der Waals surface area contributed by atoms with Gasteiger partial charge in [0.05, 0.1) is 0 Å². The Morgan fingerprint density at radius 3 is 2.26 bits per heavy atom. The average Bonchev–Trinajstić information content (AvgIpc) is 2.45. The van der Waals surface area contributed by atoms with Crippen LogP contribution in [0.15, 0.2) is 54.6 Å². The maximum atomic E-state index is 10.6. The van der Waals surface area contributed by atoms with E-state index in [0.717, 1.165) is 16.7 Å². The van der Waals surface area contributed by atoms with E-state index in [1.807, 2.05) is 68.4 Å². The molecule has 0 aliphatic rings. The van der Waals surface area contributed by atoms with Gasteiger partial charge in [-0.15, -0.1) is 0 Å². The molecule has 2 nitrogen and oxygen atoms in total. The summed E-state index contributed by atoms with van der Waals surface area (Å²) < 4.78 is 5.75. The SMILES string of the molecule is CCOC(c1ccccc1)C(O)c1ccccc1C. The van der Waals surface area contributed by atoms with Crippen molar-refractivity contribution in [2.45, 2.75) is 26.1 Å². The first-order valence-corrected chi connectivity index (χ1v) is 6.64. The Morgan fingerprint density at radius 1 is 1.00 bits per heavy atom. The van der Waals surface area contributed by atoms with Gasteiger partial charge in [0, 0.05) is 6.61 Å². The summed E-state index contributed by atoms with van der Waals surface area (Å²) in [4.78, 5) is 0. The number of aliphatic hydroxyl groups excluding tert-OH is 1. The first-order valence-electron chi connectivity index (χ1n) is 6.64. The normalized spacial score (nSPS) is 14.1. The molecule has 0 saturated heterocycles. The molecule has 0 aliphatic carbocycles. The zero-order valence-corrected chi connectivity index (χ0v) is 11.4. The number of hydrogen-bond donors (Lipinski definition) is 1. The zero-order chi connectivity index (χ0) is 13.7. The third kappa shape index (κ3) is 3.22. The Morgan fingerprint density at radius 2 is 1.63 bits per heavy atom. The highest BCUT2D eigenvalue weighted by atomic mass is 16.5. The molecule has 0 radical (unpaired) electrons. The first kappa shape index (κ1) is 13.8. The van der Waals surface area contributed by atoms with Crippen molar-refractivity contribution in [3.8, 4) is 0 Å². The summed E-state index contributed by atoms with van der Waals surface area (Å²) in [7, 11) is 0. The van der Waals surface area contributed by atoms with E-state index in [4.69, 9.17) is 4.74 Å². The number of rotatable bonds is 5. The molecule has 1 N–H and O–H groups in total. The maximum absolute atomic E-state index is 10.6. The van der Waals surface area contributed by atoms with Crippen LogP contribution in [0.5, 0.6) is 0 Å². The molecule has 0 spiro atoms.